The van der Waals surface area contributed by atoms with Crippen molar-refractivity contribution in [2.24, 2.45) is 28.3 Å². The summed E-state index contributed by atoms with van der Waals surface area (Å²) in [6.07, 6.45) is 1.98. The van der Waals surface area contributed by atoms with Crippen molar-refractivity contribution < 1.29 is 0 Å². The molecule has 4 N–H and O–H groups in total. The van der Waals surface area contributed by atoms with E-state index in [1.165, 1.54) is 5.56 Å². The molecule has 0 heterocycles. The molecule has 0 saturated carbocycles. The van der Waals surface area contributed by atoms with Gasteiger partial charge in [-0.05, 0) is 47.4 Å². The fourth-order valence-electron chi connectivity index (χ4n) is 3.80. The van der Waals surface area contributed by atoms with Crippen molar-refractivity contribution in [2.45, 2.75) is 47.5 Å². The van der Waals surface area contributed by atoms with E-state index in [0.717, 1.165) is 47.5 Å². The van der Waals surface area contributed by atoms with Crippen molar-refractivity contribution in [3.8, 4) is 35.5 Å². The molecule has 0 aromatic heterocycles. The smallest absolute Gasteiger partial charge is 0.0517 e. The van der Waals surface area contributed by atoms with Crippen LogP contribution in [0.5, 0.6) is 0 Å². The van der Waals surface area contributed by atoms with Crippen LogP contribution in [0.15, 0.2) is 41.4 Å². The SMILES string of the molecule is CC(C)C#Cc1cc(C#Cc2ccc(C(C)C)c(/C=N/CCN(CCN)CCN)c2)cc(C#CC(C)C)c1. The topological polar surface area (TPSA) is 67.6 Å². The first-order chi connectivity index (χ1) is 18.2. The predicted molar refractivity (Wildman–Crippen MR) is 163 cm³/mol. The summed E-state index contributed by atoms with van der Waals surface area (Å²) in [5.74, 6) is 20.7. The zero-order valence-electron chi connectivity index (χ0n) is 24.1. The van der Waals surface area contributed by atoms with Crippen LogP contribution in [0.25, 0.3) is 0 Å². The Kier molecular flexibility index (Phi) is 13.4. The van der Waals surface area contributed by atoms with Gasteiger partial charge in [0.1, 0.15) is 0 Å². The molecule has 4 heteroatoms. The van der Waals surface area contributed by atoms with Crippen LogP contribution in [-0.2, 0) is 0 Å². The normalized spacial score (nSPS) is 10.9. The van der Waals surface area contributed by atoms with Gasteiger partial charge in [-0.25, -0.2) is 0 Å². The quantitative estimate of drug-likeness (QED) is 0.375. The molecule has 0 saturated heterocycles. The molecule has 0 atom stereocenters. The first kappa shape index (κ1) is 30.9. The summed E-state index contributed by atoms with van der Waals surface area (Å²) in [5, 5.41) is 0. The van der Waals surface area contributed by atoms with Gasteiger partial charge in [-0.3, -0.25) is 9.89 Å². The van der Waals surface area contributed by atoms with Gasteiger partial charge in [-0.1, -0.05) is 83.1 Å². The van der Waals surface area contributed by atoms with E-state index in [1.54, 1.807) is 0 Å². The average Bonchev–Trinajstić information content (AvgIpc) is 2.87. The lowest BCUT2D eigenvalue weighted by molar-refractivity contribution is 0.297. The second-order valence-electron chi connectivity index (χ2n) is 10.3. The molecule has 0 unspecified atom stereocenters. The molecule has 0 aliphatic heterocycles. The van der Waals surface area contributed by atoms with Gasteiger partial charge in [0.25, 0.3) is 0 Å². The van der Waals surface area contributed by atoms with Crippen LogP contribution in [0.2, 0.25) is 0 Å². The van der Waals surface area contributed by atoms with Crippen LogP contribution in [0.1, 0.15) is 80.8 Å². The maximum absolute atomic E-state index is 5.72. The third-order valence-electron chi connectivity index (χ3n) is 5.67. The van der Waals surface area contributed by atoms with E-state index in [-0.39, 0.29) is 0 Å². The third-order valence-corrected chi connectivity index (χ3v) is 5.67. The lowest BCUT2D eigenvalue weighted by Gasteiger charge is -2.19. The van der Waals surface area contributed by atoms with Crippen molar-refractivity contribution in [3.05, 3.63) is 69.8 Å². The van der Waals surface area contributed by atoms with Gasteiger partial charge in [-0.2, -0.15) is 0 Å². The Balaban J connectivity index is 2.34. The predicted octanol–water partition coefficient (Wildman–Crippen LogP) is 4.86. The minimum atomic E-state index is 0.305. The molecule has 0 bridgehead atoms. The second-order valence-corrected chi connectivity index (χ2v) is 10.3. The zero-order chi connectivity index (χ0) is 27.9. The largest absolute Gasteiger partial charge is 0.329 e. The number of nitrogens with zero attached hydrogens (tertiary/aromatic N) is 2. The van der Waals surface area contributed by atoms with E-state index in [1.807, 2.05) is 24.4 Å². The summed E-state index contributed by atoms with van der Waals surface area (Å²) in [4.78, 5) is 6.97. The maximum Gasteiger partial charge on any atom is 0.0517 e. The lowest BCUT2D eigenvalue weighted by Crippen LogP contribution is -2.35. The summed E-state index contributed by atoms with van der Waals surface area (Å²) in [6, 6.07) is 12.5. The second kappa shape index (κ2) is 16.5. The Morgan fingerprint density at radius 2 is 1.24 bits per heavy atom. The van der Waals surface area contributed by atoms with Gasteiger partial charge in [0.05, 0.1) is 6.54 Å². The average molecular weight is 509 g/mol. The highest BCUT2D eigenvalue weighted by atomic mass is 15.1. The lowest BCUT2D eigenvalue weighted by atomic mass is 9.95. The molecule has 0 aliphatic rings. The van der Waals surface area contributed by atoms with Gasteiger partial charge >= 0.3 is 0 Å². The van der Waals surface area contributed by atoms with E-state index in [2.05, 4.69) is 100 Å². The van der Waals surface area contributed by atoms with Gasteiger partial charge in [0.2, 0.25) is 0 Å². The summed E-state index contributed by atoms with van der Waals surface area (Å²) in [6.45, 7) is 17.2. The molecule has 200 valence electrons. The van der Waals surface area contributed by atoms with Crippen molar-refractivity contribution in [3.63, 3.8) is 0 Å². The number of nitrogens with two attached hydrogens (primary N) is 2. The van der Waals surface area contributed by atoms with Gasteiger partial charge in [-0.15, -0.1) is 0 Å². The number of hydrogen-bond donors (Lipinski definition) is 2. The van der Waals surface area contributed by atoms with Crippen molar-refractivity contribution >= 4 is 6.21 Å². The molecular weight excluding hydrogens is 464 g/mol. The summed E-state index contributed by atoms with van der Waals surface area (Å²) < 4.78 is 0. The Labute approximate surface area is 231 Å². The molecule has 4 nitrogen and oxygen atoms in total. The summed E-state index contributed by atoms with van der Waals surface area (Å²) >= 11 is 0. The number of rotatable bonds is 9. The highest BCUT2D eigenvalue weighted by Crippen LogP contribution is 2.20. The summed E-state index contributed by atoms with van der Waals surface area (Å²) in [5.41, 5.74) is 17.6. The van der Waals surface area contributed by atoms with Crippen LogP contribution >= 0.6 is 0 Å². The number of aliphatic imine (C=N–C) groups is 1. The first-order valence-corrected chi connectivity index (χ1v) is 13.7. The molecule has 0 fully saturated rings. The Morgan fingerprint density at radius 3 is 1.74 bits per heavy atom. The molecule has 2 aromatic carbocycles. The molecule has 38 heavy (non-hydrogen) atoms. The Hall–Kier alpha value is -3.33. The fourth-order valence-corrected chi connectivity index (χ4v) is 3.80. The van der Waals surface area contributed by atoms with Gasteiger partial charge < -0.3 is 11.5 Å². The van der Waals surface area contributed by atoms with E-state index in [4.69, 9.17) is 16.5 Å². The zero-order valence-corrected chi connectivity index (χ0v) is 24.1. The molecule has 2 rings (SSSR count). The molecule has 0 amide bonds. The van der Waals surface area contributed by atoms with Gasteiger partial charge in [0.15, 0.2) is 0 Å². The van der Waals surface area contributed by atoms with E-state index < -0.39 is 0 Å². The molecular formula is C34H44N4. The van der Waals surface area contributed by atoms with Crippen LogP contribution < -0.4 is 11.5 Å². The third kappa shape index (κ3) is 11.4. The van der Waals surface area contributed by atoms with Crippen molar-refractivity contribution in [1.29, 1.82) is 0 Å². The maximum atomic E-state index is 5.72. The van der Waals surface area contributed by atoms with E-state index in [9.17, 15) is 0 Å². The minimum Gasteiger partial charge on any atom is -0.329 e. The van der Waals surface area contributed by atoms with Crippen LogP contribution in [0, 0.1) is 47.4 Å². The molecule has 0 aliphatic carbocycles. The standard InChI is InChI=1S/C34H44N4/c1-26(2)7-9-30-21-31(10-8-27(3)4)23-32(22-30)12-11-29-13-14-34(28(5)6)33(24-29)25-37-17-20-38(18-15-35)19-16-36/h13-14,21-28H,15-20,35-36H2,1-6H3/b37-25+. The van der Waals surface area contributed by atoms with E-state index >= 15 is 0 Å². The van der Waals surface area contributed by atoms with Crippen molar-refractivity contribution in [2.75, 3.05) is 39.3 Å². The Bertz CT molecular complexity index is 1200. The highest BCUT2D eigenvalue weighted by Gasteiger charge is 2.06. The van der Waals surface area contributed by atoms with Crippen LogP contribution in [0.3, 0.4) is 0 Å². The monoisotopic (exact) mass is 508 g/mol. The first-order valence-electron chi connectivity index (χ1n) is 13.7. The van der Waals surface area contributed by atoms with Crippen LogP contribution in [0.4, 0.5) is 0 Å². The minimum absolute atomic E-state index is 0.305. The number of hydrogen-bond acceptors (Lipinski definition) is 4. The Morgan fingerprint density at radius 1 is 0.711 bits per heavy atom. The van der Waals surface area contributed by atoms with Gasteiger partial charge in [0, 0.05) is 73.0 Å². The highest BCUT2D eigenvalue weighted by molar-refractivity contribution is 5.83. The molecule has 0 radical (unpaired) electrons. The molecule has 0 spiro atoms. The van der Waals surface area contributed by atoms with E-state index in [0.29, 0.717) is 37.4 Å². The summed E-state index contributed by atoms with van der Waals surface area (Å²) in [7, 11) is 0. The fraction of sp³-hybridized carbons (Fsp3) is 0.441. The molecule has 2 aromatic rings. The van der Waals surface area contributed by atoms with Crippen LogP contribution in [-0.4, -0.2) is 50.4 Å². The van der Waals surface area contributed by atoms with Crippen molar-refractivity contribution in [1.82, 2.24) is 4.90 Å². The number of benzene rings is 2.